The van der Waals surface area contributed by atoms with Crippen molar-refractivity contribution in [3.8, 4) is 17.2 Å². The lowest BCUT2D eigenvalue weighted by molar-refractivity contribution is -0.123. The first-order chi connectivity index (χ1) is 13.1. The number of phenols is 1. The van der Waals surface area contributed by atoms with Gasteiger partial charge in [-0.05, 0) is 82.6 Å². The predicted molar refractivity (Wildman–Crippen MR) is 107 cm³/mol. The minimum absolute atomic E-state index is 0.0442. The Morgan fingerprint density at radius 2 is 2.07 bits per heavy atom. The summed E-state index contributed by atoms with van der Waals surface area (Å²) in [6.07, 6.45) is 5.97. The van der Waals surface area contributed by atoms with E-state index in [0.29, 0.717) is 17.1 Å². The summed E-state index contributed by atoms with van der Waals surface area (Å²) >= 11 is 3.60. The zero-order valence-electron chi connectivity index (χ0n) is 15.0. The van der Waals surface area contributed by atoms with Crippen molar-refractivity contribution in [1.82, 2.24) is 5.43 Å². The highest BCUT2D eigenvalue weighted by molar-refractivity contribution is 9.10. The van der Waals surface area contributed by atoms with Crippen molar-refractivity contribution in [2.24, 2.45) is 5.10 Å². The molecule has 27 heavy (non-hydrogen) atoms. The number of phenolic OH excluding ortho intramolecular Hbond substituents is 1. The molecule has 0 radical (unpaired) electrons. The number of hydrogen-bond acceptors (Lipinski definition) is 5. The molecule has 2 N–H and O–H groups in total. The molecule has 3 rings (SSSR count). The Labute approximate surface area is 166 Å². The van der Waals surface area contributed by atoms with E-state index in [9.17, 15) is 9.90 Å². The number of aryl methyl sites for hydroxylation is 1. The van der Waals surface area contributed by atoms with Gasteiger partial charge in [0.1, 0.15) is 5.75 Å². The van der Waals surface area contributed by atoms with E-state index in [1.165, 1.54) is 43.4 Å². The fourth-order valence-electron chi connectivity index (χ4n) is 3.00. The Bertz CT molecular complexity index is 867. The number of hydrogen-bond donors (Lipinski definition) is 2. The lowest BCUT2D eigenvalue weighted by Gasteiger charge is -2.19. The van der Waals surface area contributed by atoms with Gasteiger partial charge in [0.2, 0.25) is 0 Å². The van der Waals surface area contributed by atoms with Crippen LogP contribution in [0, 0.1) is 0 Å². The summed E-state index contributed by atoms with van der Waals surface area (Å²) in [6.45, 7) is -0.131. The number of nitrogens with zero attached hydrogens (tertiary/aromatic N) is 1. The van der Waals surface area contributed by atoms with Crippen LogP contribution in [0.1, 0.15) is 29.5 Å². The molecule has 0 saturated carbocycles. The zero-order chi connectivity index (χ0) is 19.2. The first kappa shape index (κ1) is 19.2. The molecule has 6 nitrogen and oxygen atoms in total. The van der Waals surface area contributed by atoms with Crippen molar-refractivity contribution < 1.29 is 19.4 Å². The van der Waals surface area contributed by atoms with Crippen LogP contribution < -0.4 is 14.9 Å². The molecule has 0 saturated heterocycles. The normalized spacial score (nSPS) is 13.3. The number of hydrazone groups is 1. The van der Waals surface area contributed by atoms with Crippen LogP contribution in [0.25, 0.3) is 0 Å². The molecule has 1 aliphatic carbocycles. The fraction of sp³-hybridized carbons (Fsp3) is 0.300. The number of nitrogens with one attached hydrogen (secondary N) is 1. The van der Waals surface area contributed by atoms with E-state index in [2.05, 4.69) is 32.5 Å². The van der Waals surface area contributed by atoms with Crippen LogP contribution in [-0.4, -0.2) is 30.9 Å². The van der Waals surface area contributed by atoms with E-state index in [-0.39, 0.29) is 18.3 Å². The van der Waals surface area contributed by atoms with E-state index in [1.54, 1.807) is 12.1 Å². The SMILES string of the molecule is COc1cc(/C=N/NC(=O)COc2ccc3c(c2Br)CCCC3)ccc1O. The molecular formula is C20H21BrN2O4. The molecule has 2 aromatic rings. The van der Waals surface area contributed by atoms with Crippen molar-refractivity contribution in [2.75, 3.05) is 13.7 Å². The molecule has 2 aromatic carbocycles. The summed E-state index contributed by atoms with van der Waals surface area (Å²) in [7, 11) is 1.47. The number of methoxy groups -OCH3 is 1. The summed E-state index contributed by atoms with van der Waals surface area (Å²) in [5.74, 6) is 0.688. The van der Waals surface area contributed by atoms with Crippen LogP contribution >= 0.6 is 15.9 Å². The summed E-state index contributed by atoms with van der Waals surface area (Å²) in [6, 6.07) is 8.75. The second kappa shape index (κ2) is 8.90. The molecule has 0 bridgehead atoms. The van der Waals surface area contributed by atoms with Gasteiger partial charge in [0, 0.05) is 0 Å². The van der Waals surface area contributed by atoms with Crippen LogP contribution in [0.5, 0.6) is 17.2 Å². The molecular weight excluding hydrogens is 412 g/mol. The standard InChI is InChI=1S/C20H21BrN2O4/c1-26-18-10-13(6-8-16(18)24)11-22-23-19(25)12-27-17-9-7-14-4-2-3-5-15(14)20(17)21/h6-11,24H,2-5,12H2,1H3,(H,23,25)/b22-11+. The van der Waals surface area contributed by atoms with Gasteiger partial charge in [0.25, 0.3) is 5.91 Å². The molecule has 0 heterocycles. The number of halogens is 1. The van der Waals surface area contributed by atoms with Gasteiger partial charge in [-0.1, -0.05) is 6.07 Å². The highest BCUT2D eigenvalue weighted by Gasteiger charge is 2.16. The number of carbonyl (C=O) groups excluding carboxylic acids is 1. The van der Waals surface area contributed by atoms with Gasteiger partial charge in [-0.15, -0.1) is 0 Å². The molecule has 0 spiro atoms. The van der Waals surface area contributed by atoms with Gasteiger partial charge >= 0.3 is 0 Å². The van der Waals surface area contributed by atoms with Crippen molar-refractivity contribution in [2.45, 2.75) is 25.7 Å². The van der Waals surface area contributed by atoms with E-state index >= 15 is 0 Å². The molecule has 0 atom stereocenters. The second-order valence-corrected chi connectivity index (χ2v) is 7.03. The number of carbonyl (C=O) groups is 1. The van der Waals surface area contributed by atoms with E-state index in [4.69, 9.17) is 9.47 Å². The number of rotatable bonds is 6. The van der Waals surface area contributed by atoms with Crippen LogP contribution in [0.15, 0.2) is 39.9 Å². The van der Waals surface area contributed by atoms with Gasteiger partial charge in [0.15, 0.2) is 18.1 Å². The van der Waals surface area contributed by atoms with Gasteiger partial charge in [0.05, 0.1) is 17.8 Å². The molecule has 0 unspecified atom stereocenters. The summed E-state index contributed by atoms with van der Waals surface area (Å²) in [5.41, 5.74) is 5.73. The third kappa shape index (κ3) is 4.80. The van der Waals surface area contributed by atoms with Crippen molar-refractivity contribution >= 4 is 28.1 Å². The molecule has 0 aliphatic heterocycles. The third-order valence-corrected chi connectivity index (χ3v) is 5.26. The second-order valence-electron chi connectivity index (χ2n) is 6.24. The summed E-state index contributed by atoms with van der Waals surface area (Å²) in [4.78, 5) is 12.0. The van der Waals surface area contributed by atoms with E-state index in [1.807, 2.05) is 6.07 Å². The van der Waals surface area contributed by atoms with Crippen LogP contribution in [0.2, 0.25) is 0 Å². The maximum atomic E-state index is 12.0. The molecule has 0 fully saturated rings. The third-order valence-electron chi connectivity index (χ3n) is 4.39. The van der Waals surface area contributed by atoms with Crippen LogP contribution in [0.4, 0.5) is 0 Å². The minimum Gasteiger partial charge on any atom is -0.504 e. The minimum atomic E-state index is -0.360. The first-order valence-corrected chi connectivity index (χ1v) is 9.49. The molecule has 1 aliphatic rings. The maximum absolute atomic E-state index is 12.0. The Hall–Kier alpha value is -2.54. The Morgan fingerprint density at radius 1 is 1.26 bits per heavy atom. The van der Waals surface area contributed by atoms with Gasteiger partial charge in [-0.3, -0.25) is 4.79 Å². The number of aromatic hydroxyl groups is 1. The summed E-state index contributed by atoms with van der Waals surface area (Å²) in [5, 5.41) is 13.5. The van der Waals surface area contributed by atoms with Crippen LogP contribution in [0.3, 0.4) is 0 Å². The monoisotopic (exact) mass is 432 g/mol. The first-order valence-electron chi connectivity index (χ1n) is 8.70. The average molecular weight is 433 g/mol. The van der Waals surface area contributed by atoms with Gasteiger partial charge in [-0.2, -0.15) is 5.10 Å². The topological polar surface area (TPSA) is 80.2 Å². The lowest BCUT2D eigenvalue weighted by atomic mass is 9.92. The Morgan fingerprint density at radius 3 is 2.89 bits per heavy atom. The fourth-order valence-corrected chi connectivity index (χ4v) is 3.70. The molecule has 7 heteroatoms. The Balaban J connectivity index is 1.54. The van der Waals surface area contributed by atoms with E-state index < -0.39 is 0 Å². The molecule has 142 valence electrons. The molecule has 0 aromatic heterocycles. The summed E-state index contributed by atoms with van der Waals surface area (Å²) < 4.78 is 11.6. The largest absolute Gasteiger partial charge is 0.504 e. The van der Waals surface area contributed by atoms with Crippen molar-refractivity contribution in [1.29, 1.82) is 0 Å². The maximum Gasteiger partial charge on any atom is 0.277 e. The number of amides is 1. The van der Waals surface area contributed by atoms with Crippen molar-refractivity contribution in [3.63, 3.8) is 0 Å². The average Bonchev–Trinajstić information content (AvgIpc) is 2.69. The molecule has 1 amide bonds. The smallest absolute Gasteiger partial charge is 0.277 e. The zero-order valence-corrected chi connectivity index (χ0v) is 16.6. The lowest BCUT2D eigenvalue weighted by Crippen LogP contribution is -2.24. The highest BCUT2D eigenvalue weighted by Crippen LogP contribution is 2.35. The number of fused-ring (bicyclic) bond motifs is 1. The van der Waals surface area contributed by atoms with Crippen LogP contribution in [-0.2, 0) is 17.6 Å². The predicted octanol–water partition coefficient (Wildman–Crippen LogP) is 3.57. The van der Waals surface area contributed by atoms with Gasteiger partial charge in [-0.25, -0.2) is 5.43 Å². The highest BCUT2D eigenvalue weighted by atomic mass is 79.9. The van der Waals surface area contributed by atoms with Gasteiger partial charge < -0.3 is 14.6 Å². The number of benzene rings is 2. The Kier molecular flexibility index (Phi) is 6.34. The van der Waals surface area contributed by atoms with E-state index in [0.717, 1.165) is 17.3 Å². The van der Waals surface area contributed by atoms with Crippen molar-refractivity contribution in [3.05, 3.63) is 51.5 Å². The number of ether oxygens (including phenoxy) is 2. The quantitative estimate of drug-likeness (QED) is 0.539.